The number of hydrogen-bond acceptors (Lipinski definition) is 3. The zero-order valence-electron chi connectivity index (χ0n) is 10.3. The fourth-order valence-corrected chi connectivity index (χ4v) is 2.93. The number of methoxy groups -OCH3 is 1. The van der Waals surface area contributed by atoms with Crippen LogP contribution >= 0.6 is 0 Å². The predicted molar refractivity (Wildman–Crippen MR) is 62.2 cm³/mol. The molecule has 0 spiro atoms. The van der Waals surface area contributed by atoms with Crippen LogP contribution in [0.2, 0.25) is 0 Å². The van der Waals surface area contributed by atoms with Crippen molar-refractivity contribution in [2.75, 3.05) is 27.1 Å². The summed E-state index contributed by atoms with van der Waals surface area (Å²) in [5, 5.41) is 0. The van der Waals surface area contributed by atoms with Gasteiger partial charge in [-0.1, -0.05) is 11.6 Å². The molecule has 2 aliphatic rings. The van der Waals surface area contributed by atoms with E-state index in [-0.39, 0.29) is 0 Å². The highest BCUT2D eigenvalue weighted by atomic mass is 16.7. The lowest BCUT2D eigenvalue weighted by Gasteiger charge is -2.19. The van der Waals surface area contributed by atoms with Crippen molar-refractivity contribution in [3.8, 4) is 0 Å². The third-order valence-corrected chi connectivity index (χ3v) is 3.85. The Hall–Kier alpha value is -0.380. The smallest absolute Gasteiger partial charge is 0.147 e. The van der Waals surface area contributed by atoms with E-state index in [2.05, 4.69) is 13.0 Å². The molecule has 2 rings (SSSR count). The van der Waals surface area contributed by atoms with Crippen molar-refractivity contribution in [2.45, 2.75) is 32.3 Å². The summed E-state index contributed by atoms with van der Waals surface area (Å²) in [6.45, 7) is 3.92. The lowest BCUT2D eigenvalue weighted by molar-refractivity contribution is -0.107. The zero-order valence-corrected chi connectivity index (χ0v) is 10.3. The maximum absolute atomic E-state index is 5.80. The van der Waals surface area contributed by atoms with Gasteiger partial charge >= 0.3 is 0 Å². The van der Waals surface area contributed by atoms with Gasteiger partial charge in [0.05, 0.1) is 19.3 Å². The Balaban J connectivity index is 1.65. The molecule has 2 aliphatic carbocycles. The third-order valence-electron chi connectivity index (χ3n) is 3.85. The molecule has 1 fully saturated rings. The van der Waals surface area contributed by atoms with E-state index < -0.39 is 0 Å². The molecule has 0 saturated heterocycles. The van der Waals surface area contributed by atoms with E-state index in [0.717, 1.165) is 5.92 Å². The number of ether oxygens (including phenoxy) is 3. The Morgan fingerprint density at radius 1 is 1.31 bits per heavy atom. The largest absolute Gasteiger partial charge is 0.382 e. The third kappa shape index (κ3) is 2.65. The number of fused-ring (bicyclic) bond motifs is 1. The van der Waals surface area contributed by atoms with Crippen molar-refractivity contribution >= 4 is 0 Å². The second kappa shape index (κ2) is 5.80. The molecule has 3 nitrogen and oxygen atoms in total. The van der Waals surface area contributed by atoms with E-state index in [9.17, 15) is 0 Å². The van der Waals surface area contributed by atoms with Crippen molar-refractivity contribution in [1.82, 2.24) is 0 Å². The van der Waals surface area contributed by atoms with Crippen LogP contribution in [0, 0.1) is 11.8 Å². The molecule has 0 radical (unpaired) electrons. The lowest BCUT2D eigenvalue weighted by Crippen LogP contribution is -2.21. The first kappa shape index (κ1) is 12.1. The van der Waals surface area contributed by atoms with Crippen LogP contribution in [-0.4, -0.2) is 33.2 Å². The van der Waals surface area contributed by atoms with Crippen LogP contribution < -0.4 is 0 Å². The van der Waals surface area contributed by atoms with Crippen LogP contribution in [0.25, 0.3) is 0 Å². The first-order valence-corrected chi connectivity index (χ1v) is 6.18. The van der Waals surface area contributed by atoms with Gasteiger partial charge in [-0.15, -0.1) is 0 Å². The fourth-order valence-electron chi connectivity index (χ4n) is 2.93. The van der Waals surface area contributed by atoms with Crippen molar-refractivity contribution in [3.05, 3.63) is 11.6 Å². The molecule has 0 aromatic carbocycles. The normalized spacial score (nSPS) is 32.9. The summed E-state index contributed by atoms with van der Waals surface area (Å²) < 4.78 is 16.1. The summed E-state index contributed by atoms with van der Waals surface area (Å²) in [6.07, 6.45) is 6.45. The van der Waals surface area contributed by atoms with Crippen LogP contribution in [0.1, 0.15) is 26.2 Å². The van der Waals surface area contributed by atoms with Gasteiger partial charge in [0, 0.05) is 7.11 Å². The minimum atomic E-state index is 0.404. The minimum absolute atomic E-state index is 0.404. The highest BCUT2D eigenvalue weighted by Crippen LogP contribution is 2.45. The van der Waals surface area contributed by atoms with E-state index >= 15 is 0 Å². The van der Waals surface area contributed by atoms with Crippen molar-refractivity contribution in [2.24, 2.45) is 11.8 Å². The second-order valence-electron chi connectivity index (χ2n) is 4.76. The molecule has 0 aliphatic heterocycles. The summed E-state index contributed by atoms with van der Waals surface area (Å²) in [5.74, 6) is 1.50. The summed E-state index contributed by atoms with van der Waals surface area (Å²) >= 11 is 0. The van der Waals surface area contributed by atoms with Gasteiger partial charge in [0.1, 0.15) is 6.79 Å². The molecule has 1 saturated carbocycles. The first-order valence-electron chi connectivity index (χ1n) is 6.18. The van der Waals surface area contributed by atoms with E-state index in [0.29, 0.717) is 32.0 Å². The average molecular weight is 226 g/mol. The predicted octanol–water partition coefficient (Wildman–Crippen LogP) is 2.37. The van der Waals surface area contributed by atoms with Gasteiger partial charge in [0.25, 0.3) is 0 Å². The van der Waals surface area contributed by atoms with Crippen LogP contribution in [0.3, 0.4) is 0 Å². The van der Waals surface area contributed by atoms with Gasteiger partial charge in [-0.25, -0.2) is 0 Å². The molecule has 0 unspecified atom stereocenters. The standard InChI is InChI=1S/C13H22O3/c1-10-3-4-12-11(10)5-6-13(12)16-9-15-8-7-14-2/h3,11-13H,4-9H2,1-2H3/t11-,12+,13+/m1/s1. The van der Waals surface area contributed by atoms with Crippen molar-refractivity contribution < 1.29 is 14.2 Å². The van der Waals surface area contributed by atoms with Crippen LogP contribution in [-0.2, 0) is 14.2 Å². The maximum atomic E-state index is 5.80. The zero-order chi connectivity index (χ0) is 11.4. The molecule has 0 heterocycles. The molecular weight excluding hydrogens is 204 g/mol. The van der Waals surface area contributed by atoms with Gasteiger partial charge in [-0.05, 0) is 38.0 Å². The summed E-state index contributed by atoms with van der Waals surface area (Å²) in [4.78, 5) is 0. The molecular formula is C13H22O3. The van der Waals surface area contributed by atoms with E-state index in [1.807, 2.05) is 0 Å². The first-order chi connectivity index (χ1) is 7.83. The van der Waals surface area contributed by atoms with Crippen molar-refractivity contribution in [3.63, 3.8) is 0 Å². The number of allylic oxidation sites excluding steroid dienone is 2. The van der Waals surface area contributed by atoms with Crippen LogP contribution in [0.4, 0.5) is 0 Å². The van der Waals surface area contributed by atoms with Gasteiger partial charge < -0.3 is 14.2 Å². The van der Waals surface area contributed by atoms with Crippen LogP contribution in [0.5, 0.6) is 0 Å². The molecule has 3 heteroatoms. The van der Waals surface area contributed by atoms with Gasteiger partial charge in [-0.3, -0.25) is 0 Å². The maximum Gasteiger partial charge on any atom is 0.147 e. The summed E-state index contributed by atoms with van der Waals surface area (Å²) in [7, 11) is 1.68. The van der Waals surface area contributed by atoms with E-state index in [4.69, 9.17) is 14.2 Å². The fraction of sp³-hybridized carbons (Fsp3) is 0.846. The molecule has 0 N–H and O–H groups in total. The molecule has 0 amide bonds. The second-order valence-corrected chi connectivity index (χ2v) is 4.76. The van der Waals surface area contributed by atoms with E-state index in [1.54, 1.807) is 12.7 Å². The van der Waals surface area contributed by atoms with Gasteiger partial charge in [0.2, 0.25) is 0 Å². The molecule has 0 bridgehead atoms. The molecule has 16 heavy (non-hydrogen) atoms. The van der Waals surface area contributed by atoms with Gasteiger partial charge in [0.15, 0.2) is 0 Å². The topological polar surface area (TPSA) is 27.7 Å². The van der Waals surface area contributed by atoms with Crippen LogP contribution in [0.15, 0.2) is 11.6 Å². The minimum Gasteiger partial charge on any atom is -0.382 e. The molecule has 3 atom stereocenters. The quantitative estimate of drug-likeness (QED) is 0.395. The Bertz CT molecular complexity index is 250. The summed E-state index contributed by atoms with van der Waals surface area (Å²) in [5.41, 5.74) is 1.57. The molecule has 0 aromatic heterocycles. The Morgan fingerprint density at radius 3 is 3.00 bits per heavy atom. The number of hydrogen-bond donors (Lipinski definition) is 0. The number of rotatable bonds is 6. The average Bonchev–Trinajstić information content (AvgIpc) is 2.83. The monoisotopic (exact) mass is 226 g/mol. The highest BCUT2D eigenvalue weighted by molar-refractivity contribution is 5.16. The van der Waals surface area contributed by atoms with Gasteiger partial charge in [-0.2, -0.15) is 0 Å². The highest BCUT2D eigenvalue weighted by Gasteiger charge is 2.39. The Labute approximate surface area is 97.8 Å². The van der Waals surface area contributed by atoms with Crippen molar-refractivity contribution in [1.29, 1.82) is 0 Å². The van der Waals surface area contributed by atoms with E-state index in [1.165, 1.54) is 19.3 Å². The Morgan fingerprint density at radius 2 is 2.19 bits per heavy atom. The SMILES string of the molecule is COCCOCO[C@H]1CC[C@@H]2C(C)=CC[C@H]12. The molecule has 92 valence electrons. The summed E-state index contributed by atoms with van der Waals surface area (Å²) in [6, 6.07) is 0. The lowest BCUT2D eigenvalue weighted by atomic mass is 9.95. The molecule has 0 aromatic rings. The Kier molecular flexibility index (Phi) is 4.38.